The zero-order valence-corrected chi connectivity index (χ0v) is 22.0. The van der Waals surface area contributed by atoms with Crippen molar-refractivity contribution in [2.24, 2.45) is 23.7 Å². The van der Waals surface area contributed by atoms with Crippen LogP contribution in [0.4, 0.5) is 0 Å². The molecule has 0 aromatic heterocycles. The summed E-state index contributed by atoms with van der Waals surface area (Å²) in [5, 5.41) is 0. The molecule has 2 rings (SSSR count). The van der Waals surface area contributed by atoms with Crippen LogP contribution in [0.5, 0.6) is 0 Å². The van der Waals surface area contributed by atoms with Gasteiger partial charge < -0.3 is 0 Å². The molecule has 6 unspecified atom stereocenters. The molecular formula is C19H34Ge2O6. The number of carbonyl (C=O) groups is 2. The molecule has 0 aromatic rings. The molecule has 0 radical (unpaired) electrons. The van der Waals surface area contributed by atoms with Crippen LogP contribution in [0.15, 0.2) is 12.2 Å². The van der Waals surface area contributed by atoms with Crippen LogP contribution in [0.1, 0.15) is 20.3 Å². The van der Waals surface area contributed by atoms with Gasteiger partial charge >= 0.3 is 169 Å². The van der Waals surface area contributed by atoms with E-state index in [2.05, 4.69) is 34.5 Å². The summed E-state index contributed by atoms with van der Waals surface area (Å²) in [6.45, 7) is 3.49. The molecule has 0 aromatic carbocycles. The Morgan fingerprint density at radius 2 is 1.11 bits per heavy atom. The molecule has 0 spiro atoms. The molecule has 8 heteroatoms. The van der Waals surface area contributed by atoms with Gasteiger partial charge in [-0.25, -0.2) is 0 Å². The summed E-state index contributed by atoms with van der Waals surface area (Å²) in [5.74, 6) is 10.8. The second-order valence-corrected chi connectivity index (χ2v) is 28.2. The first-order valence-electron chi connectivity index (χ1n) is 9.72. The summed E-state index contributed by atoms with van der Waals surface area (Å²) in [6.07, 6.45) is 3.66. The van der Waals surface area contributed by atoms with Crippen molar-refractivity contribution < 1.29 is 26.6 Å². The molecule has 0 heterocycles. The quantitative estimate of drug-likeness (QED) is 0.217. The van der Waals surface area contributed by atoms with Crippen LogP contribution in [0, 0.1) is 23.7 Å². The molecule has 2 aliphatic rings. The van der Waals surface area contributed by atoms with Crippen LogP contribution in [0.2, 0.25) is 34.5 Å². The van der Waals surface area contributed by atoms with Gasteiger partial charge in [0.05, 0.1) is 0 Å². The molecule has 0 N–H and O–H groups in total. The van der Waals surface area contributed by atoms with Crippen LogP contribution in [0.25, 0.3) is 0 Å². The number of rotatable bonds is 8. The fourth-order valence-electron chi connectivity index (χ4n) is 3.99. The Bertz CT molecular complexity index is 542. The monoisotopic (exact) mass is 506 g/mol. The Balaban J connectivity index is 2.03. The topological polar surface area (TPSA) is 71.1 Å². The predicted octanol–water partition coefficient (Wildman–Crippen LogP) is 3.91. The summed E-state index contributed by atoms with van der Waals surface area (Å²) < 4.78 is 22.8. The van der Waals surface area contributed by atoms with Gasteiger partial charge in [-0.3, -0.25) is 0 Å². The Kier molecular flexibility index (Phi) is 7.31. The number of hydrogen-bond acceptors (Lipinski definition) is 6. The van der Waals surface area contributed by atoms with E-state index >= 15 is 0 Å². The van der Waals surface area contributed by atoms with E-state index < -0.39 is 51.6 Å². The molecule has 1 fully saturated rings. The molecule has 6 atom stereocenters. The van der Waals surface area contributed by atoms with Gasteiger partial charge in [0, 0.05) is 0 Å². The average molecular weight is 504 g/mol. The van der Waals surface area contributed by atoms with Crippen molar-refractivity contribution in [3.05, 3.63) is 12.2 Å². The fourth-order valence-corrected chi connectivity index (χ4v) is 8.37. The van der Waals surface area contributed by atoms with Gasteiger partial charge in [-0.1, -0.05) is 0 Å². The van der Waals surface area contributed by atoms with Crippen LogP contribution < -0.4 is 0 Å². The van der Waals surface area contributed by atoms with E-state index in [9.17, 15) is 9.59 Å². The summed E-state index contributed by atoms with van der Waals surface area (Å²) in [5.41, 5.74) is 0. The van der Waals surface area contributed by atoms with Gasteiger partial charge in [0.25, 0.3) is 0 Å². The molecule has 0 saturated heterocycles. The second kappa shape index (κ2) is 8.59. The van der Waals surface area contributed by atoms with Crippen molar-refractivity contribution in [2.75, 3.05) is 0 Å². The first-order chi connectivity index (χ1) is 12.3. The van der Waals surface area contributed by atoms with E-state index in [1.165, 1.54) is 0 Å². The first-order valence-corrected chi connectivity index (χ1v) is 24.0. The third-order valence-corrected chi connectivity index (χ3v) is 8.97. The summed E-state index contributed by atoms with van der Waals surface area (Å²) in [4.78, 5) is 25.6. The molecule has 0 amide bonds. The Hall–Kier alpha value is -0.314. The van der Waals surface area contributed by atoms with Gasteiger partial charge in [-0.2, -0.15) is 0 Å². The predicted molar refractivity (Wildman–Crippen MR) is 108 cm³/mol. The van der Waals surface area contributed by atoms with Crippen molar-refractivity contribution in [3.8, 4) is 0 Å². The third kappa shape index (κ3) is 6.61. The first kappa shape index (κ1) is 23.0. The van der Waals surface area contributed by atoms with Crippen LogP contribution in [-0.2, 0) is 26.6 Å². The third-order valence-electron chi connectivity index (χ3n) is 4.61. The molecule has 2 bridgehead atoms. The van der Waals surface area contributed by atoms with Crippen molar-refractivity contribution in [2.45, 2.75) is 67.4 Å². The van der Waals surface area contributed by atoms with Crippen molar-refractivity contribution >= 4 is 39.1 Å². The van der Waals surface area contributed by atoms with E-state index in [1.54, 1.807) is 13.8 Å². The zero-order valence-electron chi connectivity index (χ0n) is 17.8. The summed E-state index contributed by atoms with van der Waals surface area (Å²) >= 11 is -4.62. The van der Waals surface area contributed by atoms with E-state index in [0.717, 1.165) is 6.42 Å². The minimum absolute atomic E-state index is 0.0277. The maximum atomic E-state index is 12.8. The van der Waals surface area contributed by atoms with Gasteiger partial charge in [0.1, 0.15) is 0 Å². The number of carbonyl (C=O) groups excluding carboxylic acids is 2. The van der Waals surface area contributed by atoms with Crippen molar-refractivity contribution in [3.63, 3.8) is 0 Å². The van der Waals surface area contributed by atoms with Gasteiger partial charge in [0.15, 0.2) is 0 Å². The number of ether oxygens (including phenoxy) is 2. The standard InChI is InChI=1S/C19H34Ge2O6/c1-12(26-20(3,4)5)24-18(22)16-14-9-10-15(11-14)17(16)19(23)25-13(2)27-21(6,7)8/h9-10,12-17H,11H2,1-8H3. The molecule has 2 aliphatic carbocycles. The van der Waals surface area contributed by atoms with E-state index in [4.69, 9.17) is 17.0 Å². The molecule has 0 aliphatic heterocycles. The maximum absolute atomic E-state index is 12.8. The summed E-state index contributed by atoms with van der Waals surface area (Å²) in [6, 6.07) is 0. The SMILES string of the molecule is CC(OC(=O)C1C2C=CC(C2)C1C(=O)OC(C)[O][Ge]([CH3])([CH3])[CH3])[O][Ge]([CH3])([CH3])[CH3]. The fraction of sp³-hybridized carbons (Fsp3) is 0.789. The molecule has 27 heavy (non-hydrogen) atoms. The molecule has 154 valence electrons. The zero-order chi connectivity index (χ0) is 20.6. The number of allylic oxidation sites excluding steroid dienone is 2. The van der Waals surface area contributed by atoms with Crippen molar-refractivity contribution in [1.29, 1.82) is 0 Å². The van der Waals surface area contributed by atoms with E-state index in [1.807, 2.05) is 12.2 Å². The van der Waals surface area contributed by atoms with Gasteiger partial charge in [-0.05, 0) is 0 Å². The van der Waals surface area contributed by atoms with Crippen molar-refractivity contribution in [1.82, 2.24) is 0 Å². The summed E-state index contributed by atoms with van der Waals surface area (Å²) in [7, 11) is 0. The van der Waals surface area contributed by atoms with E-state index in [-0.39, 0.29) is 23.8 Å². The van der Waals surface area contributed by atoms with E-state index in [0.29, 0.717) is 0 Å². The Morgan fingerprint density at radius 3 is 1.41 bits per heavy atom. The number of fused-ring (bicyclic) bond motifs is 2. The average Bonchev–Trinajstić information content (AvgIpc) is 3.02. The molecule has 6 nitrogen and oxygen atoms in total. The van der Waals surface area contributed by atoms with Gasteiger partial charge in [0.2, 0.25) is 0 Å². The van der Waals surface area contributed by atoms with Crippen LogP contribution in [0.3, 0.4) is 0 Å². The minimum atomic E-state index is -2.31. The Morgan fingerprint density at radius 1 is 0.778 bits per heavy atom. The Labute approximate surface area is 168 Å². The molecule has 1 saturated carbocycles. The normalized spacial score (nSPS) is 29.5. The van der Waals surface area contributed by atoms with Crippen LogP contribution in [-0.4, -0.2) is 51.7 Å². The van der Waals surface area contributed by atoms with Gasteiger partial charge in [-0.15, -0.1) is 0 Å². The number of esters is 2. The second-order valence-electron chi connectivity index (χ2n) is 9.47. The number of hydrogen-bond donors (Lipinski definition) is 0. The van der Waals surface area contributed by atoms with Crippen LogP contribution >= 0.6 is 0 Å². The molecular weight excluding hydrogens is 469 g/mol.